The molecule has 0 atom stereocenters. The van der Waals surface area contributed by atoms with Gasteiger partial charge in [0, 0.05) is 15.6 Å². The highest BCUT2D eigenvalue weighted by Crippen LogP contribution is 2.24. The lowest BCUT2D eigenvalue weighted by Crippen LogP contribution is -2.03. The molecule has 0 aliphatic carbocycles. The van der Waals surface area contributed by atoms with Crippen molar-refractivity contribution in [3.63, 3.8) is 0 Å². The van der Waals surface area contributed by atoms with E-state index in [1.807, 2.05) is 18.2 Å². The van der Waals surface area contributed by atoms with Crippen molar-refractivity contribution in [3.8, 4) is 11.8 Å². The van der Waals surface area contributed by atoms with Crippen LogP contribution in [0.3, 0.4) is 0 Å². The van der Waals surface area contributed by atoms with E-state index in [-0.39, 0.29) is 9.80 Å². The fraction of sp³-hybridized carbons (Fsp3) is 0.0455. The van der Waals surface area contributed by atoms with E-state index in [0.717, 1.165) is 5.56 Å². The summed E-state index contributed by atoms with van der Waals surface area (Å²) in [4.78, 5) is -0.348. The van der Waals surface area contributed by atoms with Gasteiger partial charge in [0.25, 0.3) is 0 Å². The predicted molar refractivity (Wildman–Crippen MR) is 114 cm³/mol. The molecule has 4 nitrogen and oxygen atoms in total. The van der Waals surface area contributed by atoms with Crippen molar-refractivity contribution in [2.75, 3.05) is 0 Å². The molecule has 0 spiro atoms. The average molecular weight is 444 g/mol. The highest BCUT2D eigenvalue weighted by molar-refractivity contribution is 7.95. The van der Waals surface area contributed by atoms with Gasteiger partial charge in [-0.25, -0.2) is 8.42 Å². The van der Waals surface area contributed by atoms with Gasteiger partial charge in [-0.2, -0.15) is 5.26 Å². The first-order valence-electron chi connectivity index (χ1n) is 8.49. The van der Waals surface area contributed by atoms with Gasteiger partial charge >= 0.3 is 0 Å². The number of hydrogen-bond acceptors (Lipinski definition) is 4. The molecule has 146 valence electrons. The van der Waals surface area contributed by atoms with Crippen molar-refractivity contribution in [3.05, 3.63) is 98.9 Å². The second kappa shape index (κ2) is 9.15. The van der Waals surface area contributed by atoms with E-state index in [4.69, 9.17) is 27.9 Å². The molecule has 29 heavy (non-hydrogen) atoms. The Morgan fingerprint density at radius 3 is 2.24 bits per heavy atom. The van der Waals surface area contributed by atoms with E-state index >= 15 is 0 Å². The highest BCUT2D eigenvalue weighted by Gasteiger charge is 2.20. The Morgan fingerprint density at radius 2 is 1.62 bits per heavy atom. The molecule has 3 aromatic rings. The van der Waals surface area contributed by atoms with E-state index in [0.29, 0.717) is 28.0 Å². The summed E-state index contributed by atoms with van der Waals surface area (Å²) < 4.78 is 31.0. The van der Waals surface area contributed by atoms with Crippen LogP contribution in [-0.4, -0.2) is 8.42 Å². The number of ether oxygens (including phenoxy) is 1. The monoisotopic (exact) mass is 443 g/mol. The van der Waals surface area contributed by atoms with Crippen molar-refractivity contribution in [1.82, 2.24) is 0 Å². The number of halogens is 2. The maximum atomic E-state index is 12.7. The van der Waals surface area contributed by atoms with Crippen molar-refractivity contribution < 1.29 is 13.2 Å². The Bertz CT molecular complexity index is 1180. The molecule has 0 aromatic heterocycles. The number of hydrogen-bond donors (Lipinski definition) is 0. The topological polar surface area (TPSA) is 67.2 Å². The van der Waals surface area contributed by atoms with E-state index < -0.39 is 9.84 Å². The fourth-order valence-electron chi connectivity index (χ4n) is 2.50. The maximum Gasteiger partial charge on any atom is 0.216 e. The Morgan fingerprint density at radius 1 is 0.966 bits per heavy atom. The van der Waals surface area contributed by atoms with Crippen LogP contribution in [-0.2, 0) is 16.4 Å². The number of allylic oxidation sites excluding steroid dienone is 1. The smallest absolute Gasteiger partial charge is 0.216 e. The molecule has 0 unspecified atom stereocenters. The standard InChI is InChI=1S/C22H15Cl2NO3S/c23-18-7-11-20(12-8-18)29(26,27)21(14-25)13-16-5-9-19(10-6-16)28-15-17-3-1-2-4-22(17)24/h1-13H,15H2/b21-13+. The molecule has 7 heteroatoms. The third-order valence-electron chi connectivity index (χ3n) is 4.05. The molecule has 0 saturated carbocycles. The Hall–Kier alpha value is -2.78. The normalized spacial score (nSPS) is 11.7. The Labute approximate surface area is 179 Å². The molecule has 0 aliphatic heterocycles. The second-order valence-electron chi connectivity index (χ2n) is 6.03. The first-order chi connectivity index (χ1) is 13.9. The van der Waals surface area contributed by atoms with Gasteiger partial charge in [-0.15, -0.1) is 0 Å². The van der Waals surface area contributed by atoms with Crippen molar-refractivity contribution in [2.24, 2.45) is 0 Å². The minimum absolute atomic E-state index is 0.00870. The number of nitriles is 1. The maximum absolute atomic E-state index is 12.7. The summed E-state index contributed by atoms with van der Waals surface area (Å²) in [5.74, 6) is 0.598. The second-order valence-corrected chi connectivity index (χ2v) is 8.79. The Kier molecular flexibility index (Phi) is 6.60. The average Bonchev–Trinajstić information content (AvgIpc) is 2.72. The molecule has 0 amide bonds. The molecule has 3 aromatic carbocycles. The van der Waals surface area contributed by atoms with Crippen molar-refractivity contribution in [2.45, 2.75) is 11.5 Å². The molecule has 3 rings (SSSR count). The third kappa shape index (κ3) is 5.18. The number of sulfone groups is 1. The lowest BCUT2D eigenvalue weighted by atomic mass is 10.2. The zero-order valence-corrected chi connectivity index (χ0v) is 17.4. The molecular weight excluding hydrogens is 429 g/mol. The van der Waals surface area contributed by atoms with Crippen LogP contribution in [0.1, 0.15) is 11.1 Å². The van der Waals surface area contributed by atoms with Gasteiger partial charge in [0.1, 0.15) is 23.3 Å². The van der Waals surface area contributed by atoms with E-state index in [1.165, 1.54) is 30.3 Å². The summed E-state index contributed by atoms with van der Waals surface area (Å²) in [6, 6.07) is 21.6. The summed E-state index contributed by atoms with van der Waals surface area (Å²) in [6.07, 6.45) is 1.32. The van der Waals surface area contributed by atoms with Crippen LogP contribution in [0, 0.1) is 11.3 Å². The highest BCUT2D eigenvalue weighted by atomic mass is 35.5. The molecular formula is C22H15Cl2NO3S. The number of nitrogens with zero attached hydrogens (tertiary/aromatic N) is 1. The van der Waals surface area contributed by atoms with Crippen LogP contribution >= 0.6 is 23.2 Å². The summed E-state index contributed by atoms with van der Waals surface area (Å²) in [7, 11) is -3.93. The molecule has 0 fully saturated rings. The quantitative estimate of drug-likeness (QED) is 0.444. The van der Waals surface area contributed by atoms with Gasteiger partial charge in [0.15, 0.2) is 0 Å². The number of benzene rings is 3. The first kappa shape index (κ1) is 20.9. The van der Waals surface area contributed by atoms with Crippen LogP contribution in [0.25, 0.3) is 6.08 Å². The van der Waals surface area contributed by atoms with Gasteiger partial charge in [-0.05, 0) is 54.1 Å². The minimum Gasteiger partial charge on any atom is -0.489 e. The van der Waals surface area contributed by atoms with Crippen LogP contribution in [0.2, 0.25) is 10.0 Å². The lowest BCUT2D eigenvalue weighted by molar-refractivity contribution is 0.306. The predicted octanol–water partition coefficient (Wildman–Crippen LogP) is 5.91. The largest absolute Gasteiger partial charge is 0.489 e. The molecule has 0 radical (unpaired) electrons. The van der Waals surface area contributed by atoms with Crippen LogP contribution in [0.4, 0.5) is 0 Å². The van der Waals surface area contributed by atoms with Gasteiger partial charge in [0.2, 0.25) is 9.84 Å². The lowest BCUT2D eigenvalue weighted by Gasteiger charge is -2.08. The minimum atomic E-state index is -3.93. The van der Waals surface area contributed by atoms with Crippen LogP contribution in [0.5, 0.6) is 5.75 Å². The molecule has 0 N–H and O–H groups in total. The van der Waals surface area contributed by atoms with E-state index in [2.05, 4.69) is 0 Å². The van der Waals surface area contributed by atoms with E-state index in [1.54, 1.807) is 36.4 Å². The zero-order valence-electron chi connectivity index (χ0n) is 15.0. The van der Waals surface area contributed by atoms with Crippen molar-refractivity contribution in [1.29, 1.82) is 5.26 Å². The summed E-state index contributed by atoms with van der Waals surface area (Å²) >= 11 is 11.9. The van der Waals surface area contributed by atoms with Gasteiger partial charge in [0.05, 0.1) is 4.90 Å². The molecule has 0 aliphatic rings. The van der Waals surface area contributed by atoms with Crippen LogP contribution < -0.4 is 4.74 Å². The fourth-order valence-corrected chi connectivity index (χ4v) is 3.97. The van der Waals surface area contributed by atoms with Gasteiger partial charge in [-0.3, -0.25) is 0 Å². The van der Waals surface area contributed by atoms with Gasteiger partial charge < -0.3 is 4.74 Å². The SMILES string of the molecule is N#C/C(=C\c1ccc(OCc2ccccc2Cl)cc1)S(=O)(=O)c1ccc(Cl)cc1. The van der Waals surface area contributed by atoms with Crippen molar-refractivity contribution >= 4 is 39.1 Å². The van der Waals surface area contributed by atoms with E-state index in [9.17, 15) is 13.7 Å². The van der Waals surface area contributed by atoms with Crippen LogP contribution in [0.15, 0.2) is 82.6 Å². The zero-order chi connectivity index (χ0) is 20.9. The summed E-state index contributed by atoms with van der Waals surface area (Å²) in [5.41, 5.74) is 1.42. The summed E-state index contributed by atoms with van der Waals surface area (Å²) in [6.45, 7) is 0.309. The van der Waals surface area contributed by atoms with Gasteiger partial charge in [-0.1, -0.05) is 53.5 Å². The Balaban J connectivity index is 1.77. The number of rotatable bonds is 6. The molecule has 0 saturated heterocycles. The third-order valence-corrected chi connectivity index (χ3v) is 6.36. The summed E-state index contributed by atoms with van der Waals surface area (Å²) in [5, 5.41) is 10.4. The molecule has 0 bridgehead atoms. The first-order valence-corrected chi connectivity index (χ1v) is 10.7. The molecule has 0 heterocycles.